The maximum Gasteiger partial charge on any atom is 0.195 e. The average molecular weight is 282 g/mol. The van der Waals surface area contributed by atoms with Gasteiger partial charge in [0.05, 0.1) is 0 Å². The molecule has 0 amide bonds. The van der Waals surface area contributed by atoms with Gasteiger partial charge in [0.1, 0.15) is 0 Å². The van der Waals surface area contributed by atoms with E-state index in [0.717, 1.165) is 22.2 Å². The van der Waals surface area contributed by atoms with Gasteiger partial charge < -0.3 is 5.73 Å². The monoisotopic (exact) mass is 282 g/mol. The second-order valence-electron chi connectivity index (χ2n) is 4.27. The number of aromatic nitrogens is 3. The lowest BCUT2D eigenvalue weighted by Gasteiger charge is -2.10. The molecular weight excluding hydrogens is 268 g/mol. The van der Waals surface area contributed by atoms with Crippen LogP contribution in [0.2, 0.25) is 0 Å². The van der Waals surface area contributed by atoms with Crippen LogP contribution in [0.4, 0.5) is 5.69 Å². The largest absolute Gasteiger partial charge is 0.398 e. The van der Waals surface area contributed by atoms with Crippen molar-refractivity contribution in [3.63, 3.8) is 0 Å². The SMILES string of the molecule is CSc1nnc(-c2ccccc2N)n1-c1ccccc1. The summed E-state index contributed by atoms with van der Waals surface area (Å²) < 4.78 is 2.02. The fourth-order valence-electron chi connectivity index (χ4n) is 2.09. The Balaban J connectivity index is 2.24. The summed E-state index contributed by atoms with van der Waals surface area (Å²) >= 11 is 1.56. The molecule has 1 aromatic heterocycles. The molecule has 0 radical (unpaired) electrons. The van der Waals surface area contributed by atoms with Crippen molar-refractivity contribution >= 4 is 17.4 Å². The summed E-state index contributed by atoms with van der Waals surface area (Å²) in [6.45, 7) is 0. The van der Waals surface area contributed by atoms with Gasteiger partial charge in [0, 0.05) is 16.9 Å². The highest BCUT2D eigenvalue weighted by atomic mass is 32.2. The topological polar surface area (TPSA) is 56.7 Å². The van der Waals surface area contributed by atoms with Gasteiger partial charge in [-0.2, -0.15) is 0 Å². The summed E-state index contributed by atoms with van der Waals surface area (Å²) in [4.78, 5) is 0. The highest BCUT2D eigenvalue weighted by Crippen LogP contribution is 2.29. The van der Waals surface area contributed by atoms with E-state index in [2.05, 4.69) is 10.2 Å². The molecule has 0 unspecified atom stereocenters. The van der Waals surface area contributed by atoms with E-state index >= 15 is 0 Å². The van der Waals surface area contributed by atoms with E-state index < -0.39 is 0 Å². The molecule has 0 saturated heterocycles. The number of hydrogen-bond acceptors (Lipinski definition) is 4. The Labute approximate surface area is 121 Å². The van der Waals surface area contributed by atoms with Gasteiger partial charge >= 0.3 is 0 Å². The molecule has 3 rings (SSSR count). The Morgan fingerprint density at radius 2 is 1.65 bits per heavy atom. The molecule has 20 heavy (non-hydrogen) atoms. The van der Waals surface area contributed by atoms with Crippen LogP contribution >= 0.6 is 11.8 Å². The second-order valence-corrected chi connectivity index (χ2v) is 5.04. The van der Waals surface area contributed by atoms with Crippen LogP contribution in [0.3, 0.4) is 0 Å². The highest BCUT2D eigenvalue weighted by molar-refractivity contribution is 7.98. The van der Waals surface area contributed by atoms with Gasteiger partial charge in [-0.05, 0) is 30.5 Å². The van der Waals surface area contributed by atoms with Crippen LogP contribution in [-0.4, -0.2) is 21.0 Å². The lowest BCUT2D eigenvalue weighted by Crippen LogP contribution is -2.00. The molecule has 3 aromatic rings. The molecule has 2 N–H and O–H groups in total. The molecule has 0 aliphatic carbocycles. The van der Waals surface area contributed by atoms with Gasteiger partial charge in [0.15, 0.2) is 11.0 Å². The Hall–Kier alpha value is -2.27. The number of para-hydroxylation sites is 2. The lowest BCUT2D eigenvalue weighted by atomic mass is 10.1. The smallest absolute Gasteiger partial charge is 0.195 e. The molecule has 4 nitrogen and oxygen atoms in total. The van der Waals surface area contributed by atoms with Crippen molar-refractivity contribution in [2.45, 2.75) is 5.16 Å². The van der Waals surface area contributed by atoms with Crippen LogP contribution in [0.5, 0.6) is 0 Å². The van der Waals surface area contributed by atoms with Crippen LogP contribution in [0.25, 0.3) is 17.1 Å². The minimum atomic E-state index is 0.699. The Bertz CT molecular complexity index is 722. The van der Waals surface area contributed by atoms with E-state index in [-0.39, 0.29) is 0 Å². The molecule has 0 aliphatic rings. The standard InChI is InChI=1S/C15H14N4S/c1-20-15-18-17-14(12-9-5-6-10-13(12)16)19(15)11-7-3-2-4-8-11/h2-10H,16H2,1H3. The van der Waals surface area contributed by atoms with Crippen molar-refractivity contribution in [3.8, 4) is 17.1 Å². The molecule has 2 aromatic carbocycles. The number of anilines is 1. The average Bonchev–Trinajstić information content (AvgIpc) is 2.92. The van der Waals surface area contributed by atoms with Crippen LogP contribution in [0, 0.1) is 0 Å². The van der Waals surface area contributed by atoms with Gasteiger partial charge in [0.2, 0.25) is 0 Å². The number of nitrogen functional groups attached to an aromatic ring is 1. The predicted octanol–water partition coefficient (Wildman–Crippen LogP) is 3.24. The molecule has 0 bridgehead atoms. The van der Waals surface area contributed by atoms with Crippen molar-refractivity contribution in [2.75, 3.05) is 12.0 Å². The fraction of sp³-hybridized carbons (Fsp3) is 0.0667. The third-order valence-electron chi connectivity index (χ3n) is 3.03. The molecule has 1 heterocycles. The predicted molar refractivity (Wildman–Crippen MR) is 83.0 cm³/mol. The number of rotatable bonds is 3. The molecule has 5 heteroatoms. The molecule has 0 fully saturated rings. The quantitative estimate of drug-likeness (QED) is 0.592. The third kappa shape index (κ3) is 2.16. The van der Waals surface area contributed by atoms with Gasteiger partial charge in [-0.3, -0.25) is 4.57 Å². The maximum atomic E-state index is 6.06. The van der Waals surface area contributed by atoms with Crippen LogP contribution in [0.1, 0.15) is 0 Å². The zero-order valence-electron chi connectivity index (χ0n) is 11.0. The summed E-state index contributed by atoms with van der Waals surface area (Å²) in [7, 11) is 0. The van der Waals surface area contributed by atoms with Gasteiger partial charge in [-0.25, -0.2) is 0 Å². The van der Waals surface area contributed by atoms with Crippen molar-refractivity contribution < 1.29 is 0 Å². The van der Waals surface area contributed by atoms with Crippen LogP contribution in [-0.2, 0) is 0 Å². The van der Waals surface area contributed by atoms with Gasteiger partial charge in [-0.15, -0.1) is 10.2 Å². The summed E-state index contributed by atoms with van der Waals surface area (Å²) in [5.41, 5.74) is 8.68. The molecule has 0 spiro atoms. The Kier molecular flexibility index (Phi) is 3.43. The Morgan fingerprint density at radius 1 is 0.950 bits per heavy atom. The Morgan fingerprint density at radius 3 is 2.35 bits per heavy atom. The zero-order valence-corrected chi connectivity index (χ0v) is 11.8. The number of thioether (sulfide) groups is 1. The minimum absolute atomic E-state index is 0.699. The normalized spacial score (nSPS) is 10.7. The fourth-order valence-corrected chi connectivity index (χ4v) is 2.58. The highest BCUT2D eigenvalue weighted by Gasteiger charge is 2.16. The van der Waals surface area contributed by atoms with E-state index in [1.807, 2.05) is 65.4 Å². The molecular formula is C15H14N4S. The van der Waals surface area contributed by atoms with E-state index in [1.54, 1.807) is 11.8 Å². The lowest BCUT2D eigenvalue weighted by molar-refractivity contribution is 0.889. The minimum Gasteiger partial charge on any atom is -0.398 e. The summed E-state index contributed by atoms with van der Waals surface area (Å²) in [6.07, 6.45) is 1.99. The third-order valence-corrected chi connectivity index (χ3v) is 3.66. The van der Waals surface area contributed by atoms with Crippen LogP contribution in [0.15, 0.2) is 59.8 Å². The first-order valence-electron chi connectivity index (χ1n) is 6.21. The molecule has 0 saturated carbocycles. The number of hydrogen-bond donors (Lipinski definition) is 1. The second kappa shape index (κ2) is 5.38. The molecule has 0 atom stereocenters. The van der Waals surface area contributed by atoms with Crippen molar-refractivity contribution in [3.05, 3.63) is 54.6 Å². The van der Waals surface area contributed by atoms with Crippen molar-refractivity contribution in [1.82, 2.24) is 14.8 Å². The van der Waals surface area contributed by atoms with Gasteiger partial charge in [-0.1, -0.05) is 42.1 Å². The van der Waals surface area contributed by atoms with E-state index in [4.69, 9.17) is 5.73 Å². The summed E-state index contributed by atoms with van der Waals surface area (Å²) in [5, 5.41) is 9.40. The summed E-state index contributed by atoms with van der Waals surface area (Å²) in [6, 6.07) is 17.8. The van der Waals surface area contributed by atoms with E-state index in [1.165, 1.54) is 0 Å². The zero-order chi connectivity index (χ0) is 13.9. The van der Waals surface area contributed by atoms with Gasteiger partial charge in [0.25, 0.3) is 0 Å². The number of nitrogens with two attached hydrogens (primary N) is 1. The molecule has 100 valence electrons. The molecule has 0 aliphatic heterocycles. The van der Waals surface area contributed by atoms with E-state index in [0.29, 0.717) is 5.69 Å². The van der Waals surface area contributed by atoms with Crippen molar-refractivity contribution in [2.24, 2.45) is 0 Å². The van der Waals surface area contributed by atoms with E-state index in [9.17, 15) is 0 Å². The maximum absolute atomic E-state index is 6.06. The summed E-state index contributed by atoms with van der Waals surface area (Å²) in [5.74, 6) is 0.763. The van der Waals surface area contributed by atoms with Crippen LogP contribution < -0.4 is 5.73 Å². The first kappa shape index (κ1) is 12.7. The first-order valence-corrected chi connectivity index (χ1v) is 7.43. The number of nitrogens with zero attached hydrogens (tertiary/aromatic N) is 3. The first-order chi connectivity index (χ1) is 9.81. The number of benzene rings is 2. The van der Waals surface area contributed by atoms with Crippen molar-refractivity contribution in [1.29, 1.82) is 0 Å².